The van der Waals surface area contributed by atoms with Crippen LogP contribution in [0.5, 0.6) is 0 Å². The molecular weight excluding hydrogens is 254 g/mol. The minimum atomic E-state index is -0.801. The standard InChI is InChI=1S/C16H21NO3/c1-11-5-3-4-6-13(11)12(2)9-14(18)17-10-16(7-8-16)15(19)20/h3-6,12H,7-10H2,1-2H3,(H,17,18)(H,19,20). The van der Waals surface area contributed by atoms with E-state index in [1.807, 2.05) is 38.1 Å². The van der Waals surface area contributed by atoms with Gasteiger partial charge in [0, 0.05) is 13.0 Å². The summed E-state index contributed by atoms with van der Waals surface area (Å²) in [6, 6.07) is 8.02. The van der Waals surface area contributed by atoms with Crippen LogP contribution in [0.15, 0.2) is 24.3 Å². The van der Waals surface area contributed by atoms with Gasteiger partial charge < -0.3 is 10.4 Å². The molecule has 1 amide bonds. The number of aryl methyl sites for hydroxylation is 1. The number of nitrogens with one attached hydrogen (secondary N) is 1. The monoisotopic (exact) mass is 275 g/mol. The van der Waals surface area contributed by atoms with Crippen molar-refractivity contribution in [2.45, 2.75) is 39.0 Å². The molecule has 1 saturated carbocycles. The van der Waals surface area contributed by atoms with Crippen molar-refractivity contribution >= 4 is 11.9 Å². The Kier molecular flexibility index (Phi) is 4.12. The molecular formula is C16H21NO3. The summed E-state index contributed by atoms with van der Waals surface area (Å²) in [6.07, 6.45) is 1.71. The molecule has 1 aromatic carbocycles. The van der Waals surface area contributed by atoms with Gasteiger partial charge in [0.05, 0.1) is 5.41 Å². The van der Waals surface area contributed by atoms with E-state index in [2.05, 4.69) is 5.32 Å². The summed E-state index contributed by atoms with van der Waals surface area (Å²) >= 11 is 0. The molecule has 0 saturated heterocycles. The molecule has 1 unspecified atom stereocenters. The molecule has 1 atom stereocenters. The molecule has 0 spiro atoms. The van der Waals surface area contributed by atoms with Crippen LogP contribution in [0, 0.1) is 12.3 Å². The first-order valence-corrected chi connectivity index (χ1v) is 7.00. The van der Waals surface area contributed by atoms with Crippen molar-refractivity contribution in [3.05, 3.63) is 35.4 Å². The summed E-state index contributed by atoms with van der Waals surface area (Å²) < 4.78 is 0. The maximum absolute atomic E-state index is 11.9. The highest BCUT2D eigenvalue weighted by molar-refractivity contribution is 5.81. The van der Waals surface area contributed by atoms with Crippen molar-refractivity contribution in [1.82, 2.24) is 5.32 Å². The first kappa shape index (κ1) is 14.6. The first-order chi connectivity index (χ1) is 9.44. The third kappa shape index (κ3) is 3.18. The number of carbonyl (C=O) groups excluding carboxylic acids is 1. The highest BCUT2D eigenvalue weighted by Crippen LogP contribution is 2.45. The van der Waals surface area contributed by atoms with Crippen molar-refractivity contribution < 1.29 is 14.7 Å². The second-order valence-electron chi connectivity index (χ2n) is 5.82. The maximum atomic E-state index is 11.9. The Morgan fingerprint density at radius 1 is 1.35 bits per heavy atom. The number of carboxylic acid groups (broad SMARTS) is 1. The Bertz CT molecular complexity index is 520. The second kappa shape index (κ2) is 5.65. The maximum Gasteiger partial charge on any atom is 0.311 e. The molecule has 1 aromatic rings. The topological polar surface area (TPSA) is 66.4 Å². The average Bonchev–Trinajstić information content (AvgIpc) is 3.18. The molecule has 0 radical (unpaired) electrons. The number of aliphatic carboxylic acids is 1. The predicted molar refractivity (Wildman–Crippen MR) is 76.5 cm³/mol. The van der Waals surface area contributed by atoms with E-state index in [1.165, 1.54) is 11.1 Å². The summed E-state index contributed by atoms with van der Waals surface area (Å²) in [5.74, 6) is -0.741. The molecule has 2 N–H and O–H groups in total. The number of hydrogen-bond donors (Lipinski definition) is 2. The lowest BCUT2D eigenvalue weighted by molar-refractivity contribution is -0.143. The summed E-state index contributed by atoms with van der Waals surface area (Å²) in [7, 11) is 0. The van der Waals surface area contributed by atoms with Gasteiger partial charge in [-0.25, -0.2) is 0 Å². The summed E-state index contributed by atoms with van der Waals surface area (Å²) in [5, 5.41) is 11.8. The molecule has 2 rings (SSSR count). The Morgan fingerprint density at radius 3 is 2.55 bits per heavy atom. The van der Waals surface area contributed by atoms with Gasteiger partial charge in [0.15, 0.2) is 0 Å². The van der Waals surface area contributed by atoms with Gasteiger partial charge in [-0.2, -0.15) is 0 Å². The molecule has 4 heteroatoms. The number of carbonyl (C=O) groups is 2. The third-order valence-electron chi connectivity index (χ3n) is 4.14. The van der Waals surface area contributed by atoms with Crippen LogP contribution in [-0.4, -0.2) is 23.5 Å². The zero-order chi connectivity index (χ0) is 14.8. The van der Waals surface area contributed by atoms with Gasteiger partial charge in [-0.1, -0.05) is 31.2 Å². The smallest absolute Gasteiger partial charge is 0.311 e. The van der Waals surface area contributed by atoms with Crippen molar-refractivity contribution in [2.24, 2.45) is 5.41 Å². The molecule has 20 heavy (non-hydrogen) atoms. The van der Waals surface area contributed by atoms with Crippen LogP contribution in [0.2, 0.25) is 0 Å². The fraction of sp³-hybridized carbons (Fsp3) is 0.500. The van der Waals surface area contributed by atoms with Crippen molar-refractivity contribution in [1.29, 1.82) is 0 Å². The van der Waals surface area contributed by atoms with E-state index < -0.39 is 11.4 Å². The van der Waals surface area contributed by atoms with Crippen LogP contribution in [0.3, 0.4) is 0 Å². The highest BCUT2D eigenvalue weighted by Gasteiger charge is 2.50. The minimum absolute atomic E-state index is 0.0757. The lowest BCUT2D eigenvalue weighted by Crippen LogP contribution is -2.34. The van der Waals surface area contributed by atoms with E-state index in [1.54, 1.807) is 0 Å². The van der Waals surface area contributed by atoms with Crippen LogP contribution < -0.4 is 5.32 Å². The van der Waals surface area contributed by atoms with Gasteiger partial charge in [-0.3, -0.25) is 9.59 Å². The lowest BCUT2D eigenvalue weighted by atomic mass is 9.93. The van der Waals surface area contributed by atoms with E-state index in [-0.39, 0.29) is 18.4 Å². The molecule has 1 aliphatic carbocycles. The first-order valence-electron chi connectivity index (χ1n) is 7.00. The molecule has 108 valence electrons. The molecule has 4 nitrogen and oxygen atoms in total. The molecule has 0 heterocycles. The molecule has 0 aliphatic heterocycles. The Labute approximate surface area is 119 Å². The predicted octanol–water partition coefficient (Wildman–Crippen LogP) is 2.47. The number of rotatable bonds is 6. The van der Waals surface area contributed by atoms with Crippen LogP contribution in [0.4, 0.5) is 0 Å². The molecule has 0 bridgehead atoms. The van der Waals surface area contributed by atoms with E-state index in [0.717, 1.165) is 0 Å². The van der Waals surface area contributed by atoms with Crippen LogP contribution >= 0.6 is 0 Å². The van der Waals surface area contributed by atoms with Gasteiger partial charge >= 0.3 is 5.97 Å². The van der Waals surface area contributed by atoms with Gasteiger partial charge in [0.25, 0.3) is 0 Å². The Hall–Kier alpha value is -1.84. The zero-order valence-electron chi connectivity index (χ0n) is 12.0. The van der Waals surface area contributed by atoms with Gasteiger partial charge in [0.2, 0.25) is 5.91 Å². The Balaban J connectivity index is 1.86. The SMILES string of the molecule is Cc1ccccc1C(C)CC(=O)NCC1(C(=O)O)CC1. The van der Waals surface area contributed by atoms with Crippen molar-refractivity contribution in [3.8, 4) is 0 Å². The van der Waals surface area contributed by atoms with E-state index in [0.29, 0.717) is 19.3 Å². The lowest BCUT2D eigenvalue weighted by Gasteiger charge is -2.16. The van der Waals surface area contributed by atoms with Crippen molar-refractivity contribution in [3.63, 3.8) is 0 Å². The van der Waals surface area contributed by atoms with Crippen LogP contribution in [0.1, 0.15) is 43.2 Å². The largest absolute Gasteiger partial charge is 0.481 e. The second-order valence-corrected chi connectivity index (χ2v) is 5.82. The van der Waals surface area contributed by atoms with E-state index >= 15 is 0 Å². The zero-order valence-corrected chi connectivity index (χ0v) is 12.0. The molecule has 0 aromatic heterocycles. The van der Waals surface area contributed by atoms with E-state index in [9.17, 15) is 9.59 Å². The number of benzene rings is 1. The normalized spacial score (nSPS) is 17.3. The Morgan fingerprint density at radius 2 is 2.00 bits per heavy atom. The molecule has 1 aliphatic rings. The fourth-order valence-corrected chi connectivity index (χ4v) is 2.48. The summed E-state index contributed by atoms with van der Waals surface area (Å²) in [4.78, 5) is 23.0. The van der Waals surface area contributed by atoms with Gasteiger partial charge in [-0.05, 0) is 36.8 Å². The number of carboxylic acids is 1. The van der Waals surface area contributed by atoms with Gasteiger partial charge in [-0.15, -0.1) is 0 Å². The number of amides is 1. The average molecular weight is 275 g/mol. The van der Waals surface area contributed by atoms with Crippen molar-refractivity contribution in [2.75, 3.05) is 6.54 Å². The minimum Gasteiger partial charge on any atom is -0.481 e. The fourth-order valence-electron chi connectivity index (χ4n) is 2.48. The quantitative estimate of drug-likeness (QED) is 0.838. The molecule has 1 fully saturated rings. The highest BCUT2D eigenvalue weighted by atomic mass is 16.4. The third-order valence-corrected chi connectivity index (χ3v) is 4.14. The van der Waals surface area contributed by atoms with Crippen LogP contribution in [0.25, 0.3) is 0 Å². The number of hydrogen-bond acceptors (Lipinski definition) is 2. The summed E-state index contributed by atoms with van der Waals surface area (Å²) in [6.45, 7) is 4.31. The van der Waals surface area contributed by atoms with Gasteiger partial charge in [0.1, 0.15) is 0 Å². The van der Waals surface area contributed by atoms with Crippen LogP contribution in [-0.2, 0) is 9.59 Å². The summed E-state index contributed by atoms with van der Waals surface area (Å²) in [5.41, 5.74) is 1.65. The van der Waals surface area contributed by atoms with E-state index in [4.69, 9.17) is 5.11 Å².